The molecule has 0 spiro atoms. The fourth-order valence-electron chi connectivity index (χ4n) is 1.53. The van der Waals surface area contributed by atoms with Crippen molar-refractivity contribution in [3.05, 3.63) is 23.8 Å². The van der Waals surface area contributed by atoms with E-state index in [4.69, 9.17) is 11.5 Å². The van der Waals surface area contributed by atoms with Gasteiger partial charge in [-0.05, 0) is 24.6 Å². The zero-order valence-electron chi connectivity index (χ0n) is 10.3. The van der Waals surface area contributed by atoms with Gasteiger partial charge in [-0.25, -0.2) is 0 Å². The van der Waals surface area contributed by atoms with Crippen molar-refractivity contribution in [1.82, 2.24) is 5.32 Å². The SMILES string of the molecule is CNC(=O)c1ccc(N)cc1NCCCC(N)=O. The van der Waals surface area contributed by atoms with Crippen molar-refractivity contribution in [2.45, 2.75) is 12.8 Å². The Balaban J connectivity index is 2.70. The third-order valence-corrected chi connectivity index (χ3v) is 2.43. The van der Waals surface area contributed by atoms with E-state index in [0.717, 1.165) is 0 Å². The largest absolute Gasteiger partial charge is 0.399 e. The second-order valence-electron chi connectivity index (χ2n) is 3.88. The first-order chi connectivity index (χ1) is 8.54. The average molecular weight is 250 g/mol. The van der Waals surface area contributed by atoms with Crippen LogP contribution in [0, 0.1) is 0 Å². The Morgan fingerprint density at radius 3 is 2.67 bits per heavy atom. The summed E-state index contributed by atoms with van der Waals surface area (Å²) in [7, 11) is 1.57. The number of rotatable bonds is 6. The molecule has 0 bridgehead atoms. The van der Waals surface area contributed by atoms with E-state index in [2.05, 4.69) is 10.6 Å². The van der Waals surface area contributed by atoms with Crippen LogP contribution < -0.4 is 22.1 Å². The molecular formula is C12H18N4O2. The van der Waals surface area contributed by atoms with E-state index in [1.807, 2.05) is 0 Å². The Morgan fingerprint density at radius 1 is 1.33 bits per heavy atom. The lowest BCUT2D eigenvalue weighted by Crippen LogP contribution is -2.20. The molecule has 0 unspecified atom stereocenters. The fraction of sp³-hybridized carbons (Fsp3) is 0.333. The molecule has 0 aliphatic heterocycles. The standard InChI is InChI=1S/C12H18N4O2/c1-15-12(18)9-5-4-8(13)7-10(9)16-6-2-3-11(14)17/h4-5,7,16H,2-3,6,13H2,1H3,(H2,14,17)(H,15,18). The van der Waals surface area contributed by atoms with Gasteiger partial charge in [0.1, 0.15) is 0 Å². The highest BCUT2D eigenvalue weighted by Gasteiger charge is 2.09. The van der Waals surface area contributed by atoms with Crippen LogP contribution in [0.1, 0.15) is 23.2 Å². The van der Waals surface area contributed by atoms with Crippen LogP contribution in [0.3, 0.4) is 0 Å². The number of hydrogen-bond donors (Lipinski definition) is 4. The molecule has 98 valence electrons. The fourth-order valence-corrected chi connectivity index (χ4v) is 1.53. The number of nitrogens with one attached hydrogen (secondary N) is 2. The summed E-state index contributed by atoms with van der Waals surface area (Å²) in [6.45, 7) is 0.552. The zero-order chi connectivity index (χ0) is 13.5. The number of nitrogens with two attached hydrogens (primary N) is 2. The van der Waals surface area contributed by atoms with E-state index in [-0.39, 0.29) is 11.8 Å². The van der Waals surface area contributed by atoms with Gasteiger partial charge in [0.05, 0.1) is 5.56 Å². The average Bonchev–Trinajstić information content (AvgIpc) is 2.33. The number of hydrogen-bond acceptors (Lipinski definition) is 4. The van der Waals surface area contributed by atoms with Gasteiger partial charge in [-0.3, -0.25) is 9.59 Å². The predicted molar refractivity (Wildman–Crippen MR) is 71.2 cm³/mol. The molecule has 1 aromatic rings. The van der Waals surface area contributed by atoms with Crippen molar-refractivity contribution in [2.75, 3.05) is 24.6 Å². The molecule has 1 aromatic carbocycles. The molecule has 0 aliphatic carbocycles. The van der Waals surface area contributed by atoms with E-state index < -0.39 is 0 Å². The van der Waals surface area contributed by atoms with Crippen molar-refractivity contribution in [1.29, 1.82) is 0 Å². The quantitative estimate of drug-likeness (QED) is 0.430. The van der Waals surface area contributed by atoms with Crippen LogP contribution in [0.5, 0.6) is 0 Å². The van der Waals surface area contributed by atoms with Crippen molar-refractivity contribution in [3.8, 4) is 0 Å². The van der Waals surface area contributed by atoms with Gasteiger partial charge in [0, 0.05) is 31.4 Å². The third kappa shape index (κ3) is 3.97. The number of carbonyl (C=O) groups excluding carboxylic acids is 2. The lowest BCUT2D eigenvalue weighted by atomic mass is 10.1. The Bertz CT molecular complexity index is 446. The lowest BCUT2D eigenvalue weighted by molar-refractivity contribution is -0.118. The van der Waals surface area contributed by atoms with Crippen LogP contribution in [-0.4, -0.2) is 25.4 Å². The summed E-state index contributed by atoms with van der Waals surface area (Å²) in [6.07, 6.45) is 0.919. The van der Waals surface area contributed by atoms with Crippen molar-refractivity contribution >= 4 is 23.2 Å². The van der Waals surface area contributed by atoms with E-state index in [9.17, 15) is 9.59 Å². The highest BCUT2D eigenvalue weighted by Crippen LogP contribution is 2.19. The van der Waals surface area contributed by atoms with E-state index in [1.165, 1.54) is 0 Å². The summed E-state index contributed by atoms with van der Waals surface area (Å²) in [4.78, 5) is 22.2. The van der Waals surface area contributed by atoms with Crippen molar-refractivity contribution < 1.29 is 9.59 Å². The van der Waals surface area contributed by atoms with Crippen LogP contribution in [0.15, 0.2) is 18.2 Å². The van der Waals surface area contributed by atoms with Gasteiger partial charge < -0.3 is 22.1 Å². The minimum absolute atomic E-state index is 0.188. The number of primary amides is 1. The molecule has 1 rings (SSSR count). The molecule has 6 nitrogen and oxygen atoms in total. The van der Waals surface area contributed by atoms with Crippen LogP contribution in [0.2, 0.25) is 0 Å². The number of nitrogen functional groups attached to an aromatic ring is 1. The van der Waals surface area contributed by atoms with Crippen LogP contribution in [0.25, 0.3) is 0 Å². The van der Waals surface area contributed by atoms with Gasteiger partial charge in [-0.2, -0.15) is 0 Å². The maximum atomic E-state index is 11.6. The Morgan fingerprint density at radius 2 is 2.06 bits per heavy atom. The predicted octanol–water partition coefficient (Wildman–Crippen LogP) is 0.306. The maximum Gasteiger partial charge on any atom is 0.253 e. The Labute approximate surface area is 106 Å². The van der Waals surface area contributed by atoms with Gasteiger partial charge in [0.25, 0.3) is 5.91 Å². The number of amides is 2. The molecule has 6 heteroatoms. The molecule has 2 amide bonds. The van der Waals surface area contributed by atoms with Crippen LogP contribution >= 0.6 is 0 Å². The van der Waals surface area contributed by atoms with Gasteiger partial charge in [-0.15, -0.1) is 0 Å². The van der Waals surface area contributed by atoms with Crippen LogP contribution in [0.4, 0.5) is 11.4 Å². The summed E-state index contributed by atoms with van der Waals surface area (Å²) in [6, 6.07) is 5.01. The number of carbonyl (C=O) groups is 2. The maximum absolute atomic E-state index is 11.6. The molecule has 0 saturated carbocycles. The topological polar surface area (TPSA) is 110 Å². The molecule has 0 radical (unpaired) electrons. The first-order valence-corrected chi connectivity index (χ1v) is 5.68. The number of anilines is 2. The molecule has 0 fully saturated rings. The second kappa shape index (κ2) is 6.48. The highest BCUT2D eigenvalue weighted by atomic mass is 16.1. The second-order valence-corrected chi connectivity index (χ2v) is 3.88. The molecule has 6 N–H and O–H groups in total. The summed E-state index contributed by atoms with van der Waals surface area (Å²) >= 11 is 0. The Kier molecular flexibility index (Phi) is 4.98. The first-order valence-electron chi connectivity index (χ1n) is 5.68. The smallest absolute Gasteiger partial charge is 0.253 e. The summed E-state index contributed by atoms with van der Waals surface area (Å²) < 4.78 is 0. The molecule has 0 saturated heterocycles. The van der Waals surface area contributed by atoms with E-state index in [1.54, 1.807) is 25.2 Å². The molecule has 0 heterocycles. The summed E-state index contributed by atoms with van der Waals surface area (Å²) in [5, 5.41) is 5.63. The monoisotopic (exact) mass is 250 g/mol. The van der Waals surface area contributed by atoms with Gasteiger partial charge in [0.2, 0.25) is 5.91 Å². The van der Waals surface area contributed by atoms with Crippen molar-refractivity contribution in [3.63, 3.8) is 0 Å². The lowest BCUT2D eigenvalue weighted by Gasteiger charge is -2.11. The van der Waals surface area contributed by atoms with Gasteiger partial charge >= 0.3 is 0 Å². The first kappa shape index (κ1) is 13.8. The minimum atomic E-state index is -0.337. The molecule has 18 heavy (non-hydrogen) atoms. The zero-order valence-corrected chi connectivity index (χ0v) is 10.3. The third-order valence-electron chi connectivity index (χ3n) is 2.43. The Hall–Kier alpha value is -2.24. The molecule has 0 aliphatic rings. The van der Waals surface area contributed by atoms with E-state index in [0.29, 0.717) is 36.3 Å². The molecule has 0 aromatic heterocycles. The number of benzene rings is 1. The van der Waals surface area contributed by atoms with Gasteiger partial charge in [-0.1, -0.05) is 0 Å². The minimum Gasteiger partial charge on any atom is -0.399 e. The summed E-state index contributed by atoms with van der Waals surface area (Å²) in [5.74, 6) is -0.525. The van der Waals surface area contributed by atoms with Crippen LogP contribution in [-0.2, 0) is 4.79 Å². The van der Waals surface area contributed by atoms with E-state index >= 15 is 0 Å². The molecular weight excluding hydrogens is 232 g/mol. The molecule has 0 atom stereocenters. The summed E-state index contributed by atoms with van der Waals surface area (Å²) in [5.41, 5.74) is 12.5. The van der Waals surface area contributed by atoms with Crippen molar-refractivity contribution in [2.24, 2.45) is 5.73 Å². The normalized spacial score (nSPS) is 9.83. The highest BCUT2D eigenvalue weighted by molar-refractivity contribution is 6.00. The van der Waals surface area contributed by atoms with Gasteiger partial charge in [0.15, 0.2) is 0 Å².